The average molecular weight is 388 g/mol. The van der Waals surface area contributed by atoms with E-state index in [1.807, 2.05) is 31.2 Å². The second-order valence-corrected chi connectivity index (χ2v) is 8.72. The Balaban J connectivity index is 1.85. The second-order valence-electron chi connectivity index (χ2n) is 6.86. The number of nitrogens with one attached hydrogen (secondary N) is 1. The van der Waals surface area contributed by atoms with Crippen LogP contribution in [0.3, 0.4) is 0 Å². The Bertz CT molecular complexity index is 926. The van der Waals surface area contributed by atoms with Crippen LogP contribution in [0, 0.1) is 0 Å². The van der Waals surface area contributed by atoms with Crippen LogP contribution >= 0.6 is 0 Å². The number of rotatable bonds is 6. The fraction of sp³-hybridized carbons (Fsp3) is 0.350. The number of aryl methyl sites for hydroxylation is 1. The van der Waals surface area contributed by atoms with Gasteiger partial charge in [-0.15, -0.1) is 0 Å². The molecule has 0 aliphatic carbocycles. The Labute approximate surface area is 160 Å². The van der Waals surface area contributed by atoms with E-state index in [2.05, 4.69) is 5.32 Å². The van der Waals surface area contributed by atoms with Gasteiger partial charge in [0.2, 0.25) is 0 Å². The third-order valence-corrected chi connectivity index (χ3v) is 6.45. The normalized spacial score (nSPS) is 15.1. The van der Waals surface area contributed by atoms with Gasteiger partial charge in [-0.2, -0.15) is 0 Å². The lowest BCUT2D eigenvalue weighted by atomic mass is 10.0. The molecule has 1 unspecified atom stereocenters. The number of amides is 1. The van der Waals surface area contributed by atoms with Gasteiger partial charge in [0, 0.05) is 24.7 Å². The van der Waals surface area contributed by atoms with E-state index in [1.165, 1.54) is 16.4 Å². The molecule has 1 aliphatic rings. The molecule has 0 saturated heterocycles. The van der Waals surface area contributed by atoms with E-state index in [-0.39, 0.29) is 16.8 Å². The van der Waals surface area contributed by atoms with Crippen LogP contribution in [0.5, 0.6) is 0 Å². The van der Waals surface area contributed by atoms with Gasteiger partial charge in [0.05, 0.1) is 10.6 Å². The molecule has 0 fully saturated rings. The number of nitrogens with zero attached hydrogens (tertiary/aromatic N) is 1. The van der Waals surface area contributed by atoms with Crippen molar-refractivity contribution in [2.24, 2.45) is 5.73 Å². The van der Waals surface area contributed by atoms with Crippen molar-refractivity contribution in [2.45, 2.75) is 37.1 Å². The highest BCUT2D eigenvalue weighted by atomic mass is 32.2. The standard InChI is InChI=1S/C20H25N3O3S/c1-15(21)11-12-22-20(24)17-7-4-9-18(14-17)27(25,26)23-13-5-8-16-6-2-3-10-19(16)23/h2-4,6-7,9-10,14-15H,5,8,11-13,21H2,1H3,(H,22,24). The number of para-hydroxylation sites is 1. The molecule has 0 saturated carbocycles. The molecule has 0 aromatic heterocycles. The van der Waals surface area contributed by atoms with Gasteiger partial charge >= 0.3 is 0 Å². The van der Waals surface area contributed by atoms with Crippen LogP contribution in [-0.2, 0) is 16.4 Å². The number of nitrogens with two attached hydrogens (primary N) is 1. The third-order valence-electron chi connectivity index (χ3n) is 4.64. The van der Waals surface area contributed by atoms with Crippen molar-refractivity contribution in [3.05, 3.63) is 59.7 Å². The molecule has 27 heavy (non-hydrogen) atoms. The maximum Gasteiger partial charge on any atom is 0.264 e. The second kappa shape index (κ2) is 8.10. The van der Waals surface area contributed by atoms with Gasteiger partial charge in [0.1, 0.15) is 0 Å². The molecular formula is C20H25N3O3S. The molecule has 2 aromatic rings. The molecule has 2 aromatic carbocycles. The average Bonchev–Trinajstić information content (AvgIpc) is 2.67. The summed E-state index contributed by atoms with van der Waals surface area (Å²) in [6, 6.07) is 13.7. The maximum absolute atomic E-state index is 13.2. The zero-order valence-electron chi connectivity index (χ0n) is 15.4. The lowest BCUT2D eigenvalue weighted by Crippen LogP contribution is -2.35. The van der Waals surface area contributed by atoms with Crippen molar-refractivity contribution in [1.82, 2.24) is 5.32 Å². The highest BCUT2D eigenvalue weighted by Crippen LogP contribution is 2.31. The molecule has 1 aliphatic heterocycles. The SMILES string of the molecule is CC(N)CCNC(=O)c1cccc(S(=O)(=O)N2CCCc3ccccc32)c1. The molecule has 1 atom stereocenters. The predicted molar refractivity (Wildman–Crippen MR) is 106 cm³/mol. The van der Waals surface area contributed by atoms with E-state index in [1.54, 1.807) is 12.1 Å². The summed E-state index contributed by atoms with van der Waals surface area (Å²) in [7, 11) is -3.73. The molecule has 7 heteroatoms. The van der Waals surface area contributed by atoms with Crippen molar-refractivity contribution in [1.29, 1.82) is 0 Å². The molecule has 3 N–H and O–H groups in total. The Hall–Kier alpha value is -2.38. The maximum atomic E-state index is 13.2. The molecule has 6 nitrogen and oxygen atoms in total. The van der Waals surface area contributed by atoms with Crippen molar-refractivity contribution in [3.8, 4) is 0 Å². The zero-order chi connectivity index (χ0) is 19.4. The van der Waals surface area contributed by atoms with Crippen LogP contribution in [0.25, 0.3) is 0 Å². The van der Waals surface area contributed by atoms with E-state index in [4.69, 9.17) is 5.73 Å². The highest BCUT2D eigenvalue weighted by Gasteiger charge is 2.29. The zero-order valence-corrected chi connectivity index (χ0v) is 16.2. The Kier molecular flexibility index (Phi) is 5.82. The largest absolute Gasteiger partial charge is 0.352 e. The molecule has 0 spiro atoms. The fourth-order valence-corrected chi connectivity index (χ4v) is 4.78. The summed E-state index contributed by atoms with van der Waals surface area (Å²) < 4.78 is 27.9. The summed E-state index contributed by atoms with van der Waals surface area (Å²) in [5.41, 5.74) is 7.75. The van der Waals surface area contributed by atoms with Gasteiger partial charge in [-0.25, -0.2) is 8.42 Å². The number of anilines is 1. The van der Waals surface area contributed by atoms with E-state index >= 15 is 0 Å². The minimum Gasteiger partial charge on any atom is -0.352 e. The first kappa shape index (κ1) is 19.4. The smallest absolute Gasteiger partial charge is 0.264 e. The minimum atomic E-state index is -3.73. The quantitative estimate of drug-likeness (QED) is 0.795. The first-order chi connectivity index (χ1) is 12.9. The van der Waals surface area contributed by atoms with E-state index in [0.717, 1.165) is 24.1 Å². The molecule has 3 rings (SSSR count). The van der Waals surface area contributed by atoms with Crippen LogP contribution < -0.4 is 15.4 Å². The molecule has 1 heterocycles. The van der Waals surface area contributed by atoms with Crippen LogP contribution in [0.1, 0.15) is 35.7 Å². The van der Waals surface area contributed by atoms with Gasteiger partial charge in [-0.3, -0.25) is 9.10 Å². The number of hydrogen-bond acceptors (Lipinski definition) is 4. The van der Waals surface area contributed by atoms with Crippen LogP contribution in [0.4, 0.5) is 5.69 Å². The summed E-state index contributed by atoms with van der Waals surface area (Å²) in [5.74, 6) is -0.299. The lowest BCUT2D eigenvalue weighted by molar-refractivity contribution is 0.0952. The van der Waals surface area contributed by atoms with Gasteiger partial charge in [-0.05, 0) is 56.0 Å². The first-order valence-corrected chi connectivity index (χ1v) is 10.6. The Morgan fingerprint density at radius 3 is 2.78 bits per heavy atom. The van der Waals surface area contributed by atoms with Gasteiger partial charge < -0.3 is 11.1 Å². The third kappa shape index (κ3) is 4.31. The van der Waals surface area contributed by atoms with Crippen molar-refractivity contribution in [2.75, 3.05) is 17.4 Å². The van der Waals surface area contributed by atoms with E-state index in [9.17, 15) is 13.2 Å². The van der Waals surface area contributed by atoms with Crippen molar-refractivity contribution < 1.29 is 13.2 Å². The Morgan fingerprint density at radius 2 is 2.00 bits per heavy atom. The molecule has 0 bridgehead atoms. The van der Waals surface area contributed by atoms with Crippen LogP contribution in [0.15, 0.2) is 53.4 Å². The monoisotopic (exact) mass is 387 g/mol. The molecule has 144 valence electrons. The van der Waals surface area contributed by atoms with E-state index in [0.29, 0.717) is 25.1 Å². The summed E-state index contributed by atoms with van der Waals surface area (Å²) in [4.78, 5) is 12.4. The number of benzene rings is 2. The van der Waals surface area contributed by atoms with Crippen molar-refractivity contribution in [3.63, 3.8) is 0 Å². The number of sulfonamides is 1. The highest BCUT2D eigenvalue weighted by molar-refractivity contribution is 7.92. The van der Waals surface area contributed by atoms with Gasteiger partial charge in [0.15, 0.2) is 0 Å². The molecule has 0 radical (unpaired) electrons. The van der Waals surface area contributed by atoms with Crippen molar-refractivity contribution >= 4 is 21.6 Å². The van der Waals surface area contributed by atoms with Crippen LogP contribution in [0.2, 0.25) is 0 Å². The summed E-state index contributed by atoms with van der Waals surface area (Å²) >= 11 is 0. The molecular weight excluding hydrogens is 362 g/mol. The summed E-state index contributed by atoms with van der Waals surface area (Å²) in [6.45, 7) is 2.76. The first-order valence-electron chi connectivity index (χ1n) is 9.14. The lowest BCUT2D eigenvalue weighted by Gasteiger charge is -2.30. The number of fused-ring (bicyclic) bond motifs is 1. The Morgan fingerprint density at radius 1 is 1.22 bits per heavy atom. The summed E-state index contributed by atoms with van der Waals surface area (Å²) in [6.07, 6.45) is 2.30. The predicted octanol–water partition coefficient (Wildman–Crippen LogP) is 2.30. The summed E-state index contributed by atoms with van der Waals surface area (Å²) in [5, 5.41) is 2.78. The van der Waals surface area contributed by atoms with E-state index < -0.39 is 10.0 Å². The fourth-order valence-electron chi connectivity index (χ4n) is 3.19. The molecule has 1 amide bonds. The van der Waals surface area contributed by atoms with Gasteiger partial charge in [0.25, 0.3) is 15.9 Å². The van der Waals surface area contributed by atoms with Crippen LogP contribution in [-0.4, -0.2) is 33.5 Å². The van der Waals surface area contributed by atoms with Gasteiger partial charge in [-0.1, -0.05) is 24.3 Å². The number of carbonyl (C=O) groups is 1. The minimum absolute atomic E-state index is 0.00354. The topological polar surface area (TPSA) is 92.5 Å². The number of carbonyl (C=O) groups excluding carboxylic acids is 1. The number of hydrogen-bond donors (Lipinski definition) is 2.